The zero-order valence-corrected chi connectivity index (χ0v) is 17.1. The van der Waals surface area contributed by atoms with Crippen LogP contribution in [0.1, 0.15) is 40.5 Å². The second-order valence-electron chi connectivity index (χ2n) is 7.66. The third kappa shape index (κ3) is 3.34. The number of carbonyl (C=O) groups excluding carboxylic acids is 1. The molecule has 1 aromatic carbocycles. The number of hydrogen-bond donors (Lipinski definition) is 1. The van der Waals surface area contributed by atoms with Gasteiger partial charge >= 0.3 is 0 Å². The summed E-state index contributed by atoms with van der Waals surface area (Å²) in [5.74, 6) is 0.301. The fraction of sp³-hybridized carbons (Fsp3) is 0.261. The maximum atomic E-state index is 12.9. The number of thiazole rings is 1. The van der Waals surface area contributed by atoms with Crippen molar-refractivity contribution in [2.75, 3.05) is 13.1 Å². The molecule has 29 heavy (non-hydrogen) atoms. The van der Waals surface area contributed by atoms with Crippen LogP contribution in [-0.2, 0) is 0 Å². The summed E-state index contributed by atoms with van der Waals surface area (Å²) in [7, 11) is 0. The number of hydrogen-bond acceptors (Lipinski definition) is 4. The van der Waals surface area contributed by atoms with Crippen LogP contribution in [-0.4, -0.2) is 38.8 Å². The highest BCUT2D eigenvalue weighted by Crippen LogP contribution is 2.39. The number of pyridine rings is 1. The molecule has 5 rings (SSSR count). The number of amides is 1. The summed E-state index contributed by atoms with van der Waals surface area (Å²) >= 11 is 1.46. The Labute approximate surface area is 173 Å². The van der Waals surface area contributed by atoms with E-state index >= 15 is 0 Å². The highest BCUT2D eigenvalue weighted by atomic mass is 32.1. The van der Waals surface area contributed by atoms with Gasteiger partial charge in [0.1, 0.15) is 5.69 Å². The molecule has 4 heterocycles. The summed E-state index contributed by atoms with van der Waals surface area (Å²) in [5, 5.41) is 3.06. The largest absolute Gasteiger partial charge is 0.358 e. The number of piperidine rings is 1. The minimum Gasteiger partial charge on any atom is -0.358 e. The molecule has 1 amide bonds. The Balaban J connectivity index is 1.56. The van der Waals surface area contributed by atoms with Crippen molar-refractivity contribution in [3.63, 3.8) is 0 Å². The number of carbonyl (C=O) groups is 1. The van der Waals surface area contributed by atoms with Gasteiger partial charge in [-0.2, -0.15) is 0 Å². The summed E-state index contributed by atoms with van der Waals surface area (Å²) in [6, 6.07) is 10.7. The smallest absolute Gasteiger partial charge is 0.273 e. The number of aromatic nitrogens is 3. The van der Waals surface area contributed by atoms with Crippen LogP contribution in [0.4, 0.5) is 0 Å². The first-order valence-electron chi connectivity index (χ1n) is 9.91. The summed E-state index contributed by atoms with van der Waals surface area (Å²) in [6.45, 7) is 3.62. The summed E-state index contributed by atoms with van der Waals surface area (Å²) in [5.41, 5.74) is 8.26. The third-order valence-electron chi connectivity index (χ3n) is 5.72. The van der Waals surface area contributed by atoms with Crippen molar-refractivity contribution < 1.29 is 4.79 Å². The van der Waals surface area contributed by atoms with E-state index in [0.717, 1.165) is 30.5 Å². The number of H-pyrrole nitrogens is 1. The Morgan fingerprint density at radius 3 is 2.90 bits per heavy atom. The molecule has 4 aromatic rings. The first-order chi connectivity index (χ1) is 14.2. The predicted octanol–water partition coefficient (Wildman–Crippen LogP) is 5.01. The number of benzene rings is 1. The van der Waals surface area contributed by atoms with Gasteiger partial charge in [-0.05, 0) is 49.6 Å². The minimum atomic E-state index is 0.0355. The van der Waals surface area contributed by atoms with E-state index < -0.39 is 0 Å². The molecule has 0 unspecified atom stereocenters. The first kappa shape index (κ1) is 18.1. The van der Waals surface area contributed by atoms with Crippen LogP contribution < -0.4 is 0 Å². The fourth-order valence-electron chi connectivity index (χ4n) is 4.34. The van der Waals surface area contributed by atoms with Gasteiger partial charge in [0.15, 0.2) is 0 Å². The highest BCUT2D eigenvalue weighted by Gasteiger charge is 2.29. The molecule has 0 spiro atoms. The molecule has 0 radical (unpaired) electrons. The van der Waals surface area contributed by atoms with E-state index in [4.69, 9.17) is 0 Å². The maximum absolute atomic E-state index is 12.9. The van der Waals surface area contributed by atoms with Gasteiger partial charge in [-0.1, -0.05) is 11.6 Å². The molecule has 0 bridgehead atoms. The molecular weight excluding hydrogens is 380 g/mol. The van der Waals surface area contributed by atoms with Gasteiger partial charge in [-0.15, -0.1) is 11.3 Å². The Morgan fingerprint density at radius 2 is 2.10 bits per heavy atom. The normalized spacial score (nSPS) is 17.0. The average Bonchev–Trinajstić information content (AvgIpc) is 3.42. The molecule has 1 aliphatic rings. The van der Waals surface area contributed by atoms with Crippen LogP contribution >= 0.6 is 11.3 Å². The number of likely N-dealkylation sites (tertiary alicyclic amines) is 1. The second kappa shape index (κ2) is 7.44. The molecule has 146 valence electrons. The molecule has 0 saturated carbocycles. The van der Waals surface area contributed by atoms with E-state index in [1.807, 2.05) is 22.7 Å². The van der Waals surface area contributed by atoms with E-state index in [-0.39, 0.29) is 11.8 Å². The average molecular weight is 403 g/mol. The topological polar surface area (TPSA) is 61.9 Å². The lowest BCUT2D eigenvalue weighted by Gasteiger charge is -2.32. The van der Waals surface area contributed by atoms with Gasteiger partial charge < -0.3 is 9.88 Å². The van der Waals surface area contributed by atoms with Crippen molar-refractivity contribution in [1.82, 2.24) is 19.9 Å². The van der Waals surface area contributed by atoms with Crippen LogP contribution in [0.3, 0.4) is 0 Å². The quantitative estimate of drug-likeness (QED) is 0.524. The molecule has 5 nitrogen and oxygen atoms in total. The second-order valence-corrected chi connectivity index (χ2v) is 8.38. The van der Waals surface area contributed by atoms with Crippen molar-refractivity contribution in [2.45, 2.75) is 25.7 Å². The van der Waals surface area contributed by atoms with Crippen molar-refractivity contribution in [3.05, 3.63) is 70.6 Å². The lowest BCUT2D eigenvalue weighted by Crippen LogP contribution is -2.39. The zero-order chi connectivity index (χ0) is 19.8. The van der Waals surface area contributed by atoms with E-state index in [9.17, 15) is 4.79 Å². The number of aryl methyl sites for hydroxylation is 1. The molecule has 1 N–H and O–H groups in total. The molecule has 1 atom stereocenters. The van der Waals surface area contributed by atoms with Gasteiger partial charge in [-0.25, -0.2) is 4.98 Å². The van der Waals surface area contributed by atoms with Gasteiger partial charge in [-0.3, -0.25) is 9.78 Å². The Morgan fingerprint density at radius 1 is 1.24 bits per heavy atom. The van der Waals surface area contributed by atoms with Crippen molar-refractivity contribution >= 4 is 28.1 Å². The van der Waals surface area contributed by atoms with Gasteiger partial charge in [0, 0.05) is 58.9 Å². The van der Waals surface area contributed by atoms with Crippen LogP contribution in [0.15, 0.2) is 53.6 Å². The van der Waals surface area contributed by atoms with E-state index in [1.165, 1.54) is 33.5 Å². The molecule has 1 fully saturated rings. The Hall–Kier alpha value is -2.99. The van der Waals surface area contributed by atoms with Crippen LogP contribution in [0.5, 0.6) is 0 Å². The minimum absolute atomic E-state index is 0.0355. The third-order valence-corrected chi connectivity index (χ3v) is 6.31. The standard InChI is InChI=1S/C23H22N4OS/c1-15-4-5-19-18(11-15)21(16-6-8-24-9-7-16)22(26-19)17-3-2-10-27(12-17)23(28)20-13-29-14-25-20/h4-9,11,13-14,17,26H,2-3,10,12H2,1H3/t17-/m0/s1. The van der Waals surface area contributed by atoms with Gasteiger partial charge in [0.05, 0.1) is 5.51 Å². The summed E-state index contributed by atoms with van der Waals surface area (Å²) < 4.78 is 0. The molecular formula is C23H22N4OS. The Bertz CT molecular complexity index is 1150. The summed E-state index contributed by atoms with van der Waals surface area (Å²) in [6.07, 6.45) is 5.73. The van der Waals surface area contributed by atoms with Crippen molar-refractivity contribution in [1.29, 1.82) is 0 Å². The van der Waals surface area contributed by atoms with E-state index in [0.29, 0.717) is 12.2 Å². The fourth-order valence-corrected chi connectivity index (χ4v) is 4.87. The molecule has 1 saturated heterocycles. The molecule has 1 aliphatic heterocycles. The summed E-state index contributed by atoms with van der Waals surface area (Å²) in [4.78, 5) is 26.9. The predicted molar refractivity (Wildman–Crippen MR) is 116 cm³/mol. The number of aromatic amines is 1. The maximum Gasteiger partial charge on any atom is 0.273 e. The van der Waals surface area contributed by atoms with Crippen LogP contribution in [0.25, 0.3) is 22.0 Å². The van der Waals surface area contributed by atoms with Crippen molar-refractivity contribution in [3.8, 4) is 11.1 Å². The lowest BCUT2D eigenvalue weighted by molar-refractivity contribution is 0.0701. The number of fused-ring (bicyclic) bond motifs is 1. The highest BCUT2D eigenvalue weighted by molar-refractivity contribution is 7.07. The molecule has 0 aliphatic carbocycles. The number of nitrogens with one attached hydrogen (secondary N) is 1. The van der Waals surface area contributed by atoms with E-state index in [2.05, 4.69) is 52.2 Å². The van der Waals surface area contributed by atoms with Crippen molar-refractivity contribution in [2.24, 2.45) is 0 Å². The lowest BCUT2D eigenvalue weighted by atomic mass is 9.89. The monoisotopic (exact) mass is 402 g/mol. The molecule has 6 heteroatoms. The van der Waals surface area contributed by atoms with Crippen LogP contribution in [0.2, 0.25) is 0 Å². The Kier molecular flexibility index (Phi) is 4.64. The van der Waals surface area contributed by atoms with Gasteiger partial charge in [0.2, 0.25) is 0 Å². The van der Waals surface area contributed by atoms with Gasteiger partial charge in [0.25, 0.3) is 5.91 Å². The number of rotatable bonds is 3. The van der Waals surface area contributed by atoms with Crippen LogP contribution in [0, 0.1) is 6.92 Å². The number of nitrogens with zero attached hydrogens (tertiary/aromatic N) is 3. The van der Waals surface area contributed by atoms with E-state index in [1.54, 1.807) is 5.51 Å². The molecule has 3 aromatic heterocycles. The SMILES string of the molecule is Cc1ccc2[nH]c([C@H]3CCCN(C(=O)c4cscn4)C3)c(-c3ccncc3)c2c1. The first-order valence-corrected chi connectivity index (χ1v) is 10.8. The zero-order valence-electron chi connectivity index (χ0n) is 16.3.